The van der Waals surface area contributed by atoms with Crippen LogP contribution in [0.2, 0.25) is 0 Å². The number of hydrogen-bond acceptors (Lipinski definition) is 21. The normalized spacial score (nSPS) is 17.9. The summed E-state index contributed by atoms with van der Waals surface area (Å²) in [4.78, 5) is 122. The molecule has 3 aliphatic rings. The van der Waals surface area contributed by atoms with E-state index in [1.54, 1.807) is 19.2 Å². The molecule has 0 spiro atoms. The van der Waals surface area contributed by atoms with E-state index >= 15 is 0 Å². The second kappa shape index (κ2) is 49.8. The Morgan fingerprint density at radius 3 is 1.64 bits per heavy atom. The number of phenolic OH excluding ortho intramolecular Hbond substituents is 1. The van der Waals surface area contributed by atoms with Gasteiger partial charge in [-0.25, -0.2) is 0 Å². The van der Waals surface area contributed by atoms with Gasteiger partial charge in [0.05, 0.1) is 67.4 Å². The molecule has 567 valence electrons. The largest absolute Gasteiger partial charge is 0.507 e. The molecule has 4 atom stereocenters. The van der Waals surface area contributed by atoms with Crippen LogP contribution in [0.5, 0.6) is 5.75 Å². The molecular formula is C68H109CuIN18O13. The van der Waals surface area contributed by atoms with E-state index < -0.39 is 59.9 Å². The number of nitrogens with one attached hydrogen (secondary N) is 15. The summed E-state index contributed by atoms with van der Waals surface area (Å²) in [5.41, 5.74) is 12.0. The van der Waals surface area contributed by atoms with Gasteiger partial charge in [-0.1, -0.05) is 55.5 Å². The molecule has 6 rings (SSSR count). The standard InChI is InChI=1S/C68H109IN18O13.Cu/c1-67-42-73-22-25-76-45-68(46-77-26-23-74-43-67,47-78-27-24-75-44-67)87-61(93)13-5-12-58(90)80-28-30-98-32-34-100-35-33-99-31-29-81-60(92)19-18-59(91)79-20-6-10-54(72-2)64(96)85-55(11-7-21-82-66(70)71)65(97)86-56(39-48-14-16-50-8-3-4-9-51(50)36-48)63(95)83-40-62(94)84-52(41-88)37-49-15-17-57(89)53(69)38-49;/h3-4,8-9,14-17,36,38,41,52,54-56,72-78,89H,5-7,10-13,18-35,37,39-40,42-47H2,1-2H3,(H,79,91)(H,80,90)(H,81,92)(H,83,95)(H,84,94)(H,85,96)(H,86,97)(H,87,93)(H4,70,71,82);/t52-,54-,55+,56+,67?,68?;/m1./s1. The van der Waals surface area contributed by atoms with Crippen molar-refractivity contribution in [3.63, 3.8) is 0 Å². The van der Waals surface area contributed by atoms with Crippen LogP contribution in [0.1, 0.15) is 75.8 Å². The Labute approximate surface area is 616 Å². The molecule has 0 saturated carbocycles. The summed E-state index contributed by atoms with van der Waals surface area (Å²) in [6.45, 7) is 13.6. The van der Waals surface area contributed by atoms with E-state index in [4.69, 9.17) is 25.7 Å². The molecule has 3 saturated heterocycles. The molecule has 0 aromatic heterocycles. The van der Waals surface area contributed by atoms with Crippen LogP contribution in [0, 0.1) is 8.99 Å². The Bertz CT molecular complexity index is 3020. The molecule has 31 nitrogen and oxygen atoms in total. The number of aliphatic imine (C=N–C) groups is 1. The van der Waals surface area contributed by atoms with Crippen molar-refractivity contribution >= 4 is 92.9 Å². The molecule has 3 aliphatic heterocycles. The van der Waals surface area contributed by atoms with Crippen LogP contribution in [0.15, 0.2) is 65.7 Å². The Morgan fingerprint density at radius 1 is 0.564 bits per heavy atom. The molecule has 1 radical (unpaired) electrons. The molecule has 8 amide bonds. The molecule has 101 heavy (non-hydrogen) atoms. The minimum absolute atomic E-state index is 0. The predicted molar refractivity (Wildman–Crippen MR) is 390 cm³/mol. The van der Waals surface area contributed by atoms with Crippen LogP contribution in [-0.4, -0.2) is 252 Å². The van der Waals surface area contributed by atoms with Gasteiger partial charge in [0.25, 0.3) is 0 Å². The van der Waals surface area contributed by atoms with Crippen molar-refractivity contribution in [2.75, 3.05) is 158 Å². The van der Waals surface area contributed by atoms with E-state index in [1.807, 2.05) is 65.1 Å². The zero-order chi connectivity index (χ0) is 72.2. The quantitative estimate of drug-likeness (QED) is 0.00667. The van der Waals surface area contributed by atoms with Gasteiger partial charge >= 0.3 is 0 Å². The Hall–Kier alpha value is -6.73. The minimum atomic E-state index is -1.23. The number of ether oxygens (including phenoxy) is 3. The topological polar surface area (TPSA) is 446 Å². The molecule has 3 fully saturated rings. The summed E-state index contributed by atoms with van der Waals surface area (Å²) in [6.07, 6.45) is 2.39. The third-order valence-corrected chi connectivity index (χ3v) is 17.5. The summed E-state index contributed by atoms with van der Waals surface area (Å²) in [7, 11) is 1.58. The van der Waals surface area contributed by atoms with Crippen molar-refractivity contribution in [3.8, 4) is 5.75 Å². The second-order valence-corrected chi connectivity index (χ2v) is 26.6. The van der Waals surface area contributed by atoms with Crippen LogP contribution < -0.4 is 91.2 Å². The van der Waals surface area contributed by atoms with Crippen molar-refractivity contribution in [1.82, 2.24) is 79.8 Å². The first-order valence-corrected chi connectivity index (χ1v) is 35.8. The smallest absolute Gasteiger partial charge is 0.243 e. The fraction of sp³-hybridized carbons (Fsp3) is 0.618. The molecule has 2 bridgehead atoms. The molecule has 3 aromatic rings. The van der Waals surface area contributed by atoms with Crippen LogP contribution in [0.4, 0.5) is 0 Å². The fourth-order valence-electron chi connectivity index (χ4n) is 11.2. The monoisotopic (exact) mass is 1580 g/mol. The van der Waals surface area contributed by atoms with E-state index in [1.165, 1.54) is 6.07 Å². The van der Waals surface area contributed by atoms with Gasteiger partial charge in [-0.2, -0.15) is 0 Å². The molecule has 0 aliphatic carbocycles. The number of nitrogens with zero attached hydrogens (tertiary/aromatic N) is 1. The fourth-order valence-corrected chi connectivity index (χ4v) is 11.8. The van der Waals surface area contributed by atoms with Crippen molar-refractivity contribution in [2.24, 2.45) is 21.9 Å². The first-order chi connectivity index (χ1) is 48.3. The minimum Gasteiger partial charge on any atom is -0.507 e. The first kappa shape index (κ1) is 86.7. The Morgan fingerprint density at radius 2 is 1.07 bits per heavy atom. The predicted octanol–water partition coefficient (Wildman–Crippen LogP) is -3.10. The van der Waals surface area contributed by atoms with E-state index in [2.05, 4.69) is 91.7 Å². The van der Waals surface area contributed by atoms with Gasteiger partial charge < -0.3 is 115 Å². The Kier molecular flexibility index (Phi) is 42.7. The van der Waals surface area contributed by atoms with Crippen molar-refractivity contribution < 1.29 is 79.5 Å². The number of carbonyl (C=O) groups excluding carboxylic acids is 9. The maximum atomic E-state index is 14.3. The van der Waals surface area contributed by atoms with Crippen LogP contribution in [0.3, 0.4) is 0 Å². The number of guanidine groups is 1. The van der Waals surface area contributed by atoms with Crippen molar-refractivity contribution in [3.05, 3.63) is 75.4 Å². The third kappa shape index (κ3) is 36.3. The van der Waals surface area contributed by atoms with Crippen molar-refractivity contribution in [2.45, 2.75) is 107 Å². The first-order valence-electron chi connectivity index (χ1n) is 34.7. The number of likely N-dealkylation sites (N-methyl/N-ethyl adjacent to an activating group) is 1. The summed E-state index contributed by atoms with van der Waals surface area (Å²) in [5, 5.41) is 58.6. The molecule has 20 N–H and O–H groups in total. The maximum Gasteiger partial charge on any atom is 0.243 e. The van der Waals surface area contributed by atoms with E-state index in [0.29, 0.717) is 86.4 Å². The number of aromatic hydroxyl groups is 1. The number of hydrogen-bond donors (Lipinski definition) is 18. The molecule has 0 unspecified atom stereocenters. The third-order valence-electron chi connectivity index (χ3n) is 16.7. The SMILES string of the molecule is CN[C@H](CCCNC(=O)CCC(=O)NCCOCCOCCOCCNC(=O)CCCC(=O)NC12CNCCNCC(C)(CNCCNC1)CNCCNC2)C(=O)N[C@@H](CCCN=C(N)N)C(=O)N[C@@H](Cc1ccc2ccccc2c1)C(=O)NCC(=O)N[C@@H](C=O)Cc1ccc(O)c(I)c1.[Cu]. The maximum absolute atomic E-state index is 14.3. The van der Waals surface area contributed by atoms with Crippen LogP contribution in [-0.2, 0) is 87.3 Å². The molecular weight excluding hydrogens is 1470 g/mol. The number of nitrogens with two attached hydrogens (primary N) is 2. The van der Waals surface area contributed by atoms with Gasteiger partial charge in [0.2, 0.25) is 47.3 Å². The number of fused-ring (bicyclic) bond motifs is 16. The number of halogens is 1. The Balaban J connectivity index is 0.0000216. The average molecular weight is 1580 g/mol. The summed E-state index contributed by atoms with van der Waals surface area (Å²) in [6, 6.07) is 13.9. The van der Waals surface area contributed by atoms with Crippen molar-refractivity contribution in [1.29, 1.82) is 0 Å². The summed E-state index contributed by atoms with van der Waals surface area (Å²) in [5.74, 6) is -3.59. The molecule has 3 heterocycles. The number of amides is 8. The van der Waals surface area contributed by atoms with Gasteiger partial charge in [-0.05, 0) is 102 Å². The van der Waals surface area contributed by atoms with Gasteiger partial charge in [-0.3, -0.25) is 43.3 Å². The summed E-state index contributed by atoms with van der Waals surface area (Å²) >= 11 is 1.96. The number of phenols is 1. The van der Waals surface area contributed by atoms with Crippen LogP contribution in [0.25, 0.3) is 10.8 Å². The summed E-state index contributed by atoms with van der Waals surface area (Å²) < 4.78 is 17.3. The average Bonchev–Trinajstić information content (AvgIpc) is 0.837. The van der Waals surface area contributed by atoms with Gasteiger partial charge in [-0.15, -0.1) is 0 Å². The zero-order valence-corrected chi connectivity index (χ0v) is 61.4. The molecule has 3 aromatic carbocycles. The number of aldehydes is 1. The number of rotatable bonds is 42. The number of carbonyl (C=O) groups is 9. The van der Waals surface area contributed by atoms with Gasteiger partial charge in [0, 0.05) is 159 Å². The van der Waals surface area contributed by atoms with E-state index in [9.17, 15) is 48.3 Å². The second-order valence-electron chi connectivity index (χ2n) is 25.4. The van der Waals surface area contributed by atoms with Crippen LogP contribution >= 0.6 is 22.6 Å². The van der Waals surface area contributed by atoms with E-state index in [0.717, 1.165) is 69.7 Å². The molecule has 33 heteroatoms. The van der Waals surface area contributed by atoms with Gasteiger partial charge in [0.15, 0.2) is 5.96 Å². The zero-order valence-electron chi connectivity index (χ0n) is 58.3. The number of benzene rings is 3. The van der Waals surface area contributed by atoms with Gasteiger partial charge in [0.1, 0.15) is 24.1 Å². The van der Waals surface area contributed by atoms with E-state index in [-0.39, 0.29) is 148 Å².